The highest BCUT2D eigenvalue weighted by Gasteiger charge is 1.99. The predicted octanol–water partition coefficient (Wildman–Crippen LogP) is 3.69. The lowest BCUT2D eigenvalue weighted by Crippen LogP contribution is -2.10. The van der Waals surface area contributed by atoms with Gasteiger partial charge in [-0.15, -0.1) is 0 Å². The molecule has 0 aliphatic heterocycles. The van der Waals surface area contributed by atoms with E-state index in [0.29, 0.717) is 5.56 Å². The van der Waals surface area contributed by atoms with Crippen molar-refractivity contribution in [3.63, 3.8) is 0 Å². The molecule has 0 aromatic heterocycles. The van der Waals surface area contributed by atoms with Crippen LogP contribution in [0.15, 0.2) is 24.3 Å². The van der Waals surface area contributed by atoms with Gasteiger partial charge in [0.2, 0.25) is 5.91 Å². The van der Waals surface area contributed by atoms with E-state index in [1.807, 2.05) is 24.3 Å². The molecule has 2 heteroatoms. The quantitative estimate of drug-likeness (QED) is 0.684. The van der Waals surface area contributed by atoms with E-state index in [-0.39, 0.29) is 5.91 Å². The van der Waals surface area contributed by atoms with Gasteiger partial charge in [0.25, 0.3) is 0 Å². The number of carbonyl (C=O) groups is 1. The van der Waals surface area contributed by atoms with E-state index in [4.69, 9.17) is 5.73 Å². The lowest BCUT2D eigenvalue weighted by Gasteiger charge is -2.03. The number of rotatable bonds is 8. The SMILES string of the molecule is CCCCCCCCc1ccc(C(N)=O)cc1. The summed E-state index contributed by atoms with van der Waals surface area (Å²) in [5.41, 5.74) is 7.08. The molecule has 0 saturated carbocycles. The van der Waals surface area contributed by atoms with Gasteiger partial charge in [-0.2, -0.15) is 0 Å². The maximum atomic E-state index is 10.9. The number of primary amides is 1. The summed E-state index contributed by atoms with van der Waals surface area (Å²) in [5.74, 6) is -0.351. The highest BCUT2D eigenvalue weighted by Crippen LogP contribution is 2.10. The van der Waals surface area contributed by atoms with E-state index in [0.717, 1.165) is 6.42 Å². The largest absolute Gasteiger partial charge is 0.366 e. The molecule has 0 aliphatic rings. The smallest absolute Gasteiger partial charge is 0.248 e. The van der Waals surface area contributed by atoms with Crippen LogP contribution in [0, 0.1) is 0 Å². The standard InChI is InChI=1S/C15H23NO/c1-2-3-4-5-6-7-8-13-9-11-14(12-10-13)15(16)17/h9-12H,2-8H2,1H3,(H2,16,17). The second kappa shape index (κ2) is 7.88. The number of carbonyl (C=O) groups excluding carboxylic acids is 1. The first-order chi connectivity index (χ1) is 8.24. The number of hydrogen-bond acceptors (Lipinski definition) is 1. The normalized spacial score (nSPS) is 10.4. The topological polar surface area (TPSA) is 43.1 Å². The fraction of sp³-hybridized carbons (Fsp3) is 0.533. The Hall–Kier alpha value is -1.31. The van der Waals surface area contributed by atoms with Gasteiger partial charge in [0.1, 0.15) is 0 Å². The van der Waals surface area contributed by atoms with Crippen LogP contribution in [-0.2, 0) is 6.42 Å². The van der Waals surface area contributed by atoms with E-state index in [1.54, 1.807) is 0 Å². The van der Waals surface area contributed by atoms with E-state index >= 15 is 0 Å². The number of benzene rings is 1. The van der Waals surface area contributed by atoms with Crippen LogP contribution in [-0.4, -0.2) is 5.91 Å². The molecule has 1 aromatic carbocycles. The van der Waals surface area contributed by atoms with Crippen LogP contribution >= 0.6 is 0 Å². The van der Waals surface area contributed by atoms with E-state index in [1.165, 1.54) is 44.1 Å². The predicted molar refractivity (Wildman–Crippen MR) is 72.0 cm³/mol. The molecule has 0 unspecified atom stereocenters. The summed E-state index contributed by atoms with van der Waals surface area (Å²) in [7, 11) is 0. The molecule has 1 aromatic rings. The number of nitrogens with two attached hydrogens (primary N) is 1. The second-order valence-electron chi connectivity index (χ2n) is 4.58. The lowest BCUT2D eigenvalue weighted by atomic mass is 10.0. The van der Waals surface area contributed by atoms with Crippen molar-refractivity contribution in [3.05, 3.63) is 35.4 Å². The van der Waals surface area contributed by atoms with Gasteiger partial charge < -0.3 is 5.73 Å². The summed E-state index contributed by atoms with van der Waals surface area (Å²) < 4.78 is 0. The molecule has 0 aliphatic carbocycles. The molecule has 2 N–H and O–H groups in total. The molecule has 0 fully saturated rings. The van der Waals surface area contributed by atoms with Crippen molar-refractivity contribution >= 4 is 5.91 Å². The Balaban J connectivity index is 2.21. The minimum Gasteiger partial charge on any atom is -0.366 e. The average molecular weight is 233 g/mol. The third kappa shape index (κ3) is 5.53. The van der Waals surface area contributed by atoms with Crippen LogP contribution in [0.25, 0.3) is 0 Å². The molecule has 0 saturated heterocycles. The van der Waals surface area contributed by atoms with Crippen molar-refractivity contribution in [2.45, 2.75) is 51.9 Å². The number of unbranched alkanes of at least 4 members (excludes halogenated alkanes) is 5. The van der Waals surface area contributed by atoms with Gasteiger partial charge in [-0.05, 0) is 30.5 Å². The van der Waals surface area contributed by atoms with Gasteiger partial charge in [-0.25, -0.2) is 0 Å². The van der Waals surface area contributed by atoms with Gasteiger partial charge in [0, 0.05) is 5.56 Å². The Kier molecular flexibility index (Phi) is 6.38. The summed E-state index contributed by atoms with van der Waals surface area (Å²) in [6.45, 7) is 2.24. The fourth-order valence-corrected chi connectivity index (χ4v) is 1.95. The molecule has 0 bridgehead atoms. The summed E-state index contributed by atoms with van der Waals surface area (Å²) in [6, 6.07) is 7.64. The molecule has 94 valence electrons. The molecular formula is C15H23NO. The maximum Gasteiger partial charge on any atom is 0.248 e. The number of amides is 1. The van der Waals surface area contributed by atoms with E-state index < -0.39 is 0 Å². The van der Waals surface area contributed by atoms with Gasteiger partial charge >= 0.3 is 0 Å². The summed E-state index contributed by atoms with van der Waals surface area (Å²) in [6.07, 6.45) is 8.99. The van der Waals surface area contributed by atoms with Crippen molar-refractivity contribution in [1.29, 1.82) is 0 Å². The first-order valence-corrected chi connectivity index (χ1v) is 6.62. The molecule has 0 spiro atoms. The Bertz CT molecular complexity index is 329. The number of aryl methyl sites for hydroxylation is 1. The first kappa shape index (κ1) is 13.8. The van der Waals surface area contributed by atoms with Crippen molar-refractivity contribution in [1.82, 2.24) is 0 Å². The third-order valence-electron chi connectivity index (χ3n) is 3.06. The Morgan fingerprint density at radius 3 is 2.18 bits per heavy atom. The molecule has 17 heavy (non-hydrogen) atoms. The zero-order valence-electron chi connectivity index (χ0n) is 10.7. The van der Waals surface area contributed by atoms with Gasteiger partial charge in [-0.3, -0.25) is 4.79 Å². The highest BCUT2D eigenvalue weighted by atomic mass is 16.1. The summed E-state index contributed by atoms with van der Waals surface area (Å²) in [4.78, 5) is 10.9. The monoisotopic (exact) mass is 233 g/mol. The third-order valence-corrected chi connectivity index (χ3v) is 3.06. The molecule has 1 amide bonds. The van der Waals surface area contributed by atoms with Gasteiger partial charge in [0.05, 0.1) is 0 Å². The summed E-state index contributed by atoms with van der Waals surface area (Å²) >= 11 is 0. The molecular weight excluding hydrogens is 210 g/mol. The minimum atomic E-state index is -0.351. The van der Waals surface area contributed by atoms with E-state index in [2.05, 4.69) is 6.92 Å². The number of hydrogen-bond donors (Lipinski definition) is 1. The maximum absolute atomic E-state index is 10.9. The van der Waals surface area contributed by atoms with Crippen molar-refractivity contribution in [2.24, 2.45) is 5.73 Å². The summed E-state index contributed by atoms with van der Waals surface area (Å²) in [5, 5.41) is 0. The molecule has 0 atom stereocenters. The van der Waals surface area contributed by atoms with Crippen LogP contribution in [0.5, 0.6) is 0 Å². The van der Waals surface area contributed by atoms with Crippen LogP contribution in [0.2, 0.25) is 0 Å². The zero-order chi connectivity index (χ0) is 12.5. The van der Waals surface area contributed by atoms with E-state index in [9.17, 15) is 4.79 Å². The second-order valence-corrected chi connectivity index (χ2v) is 4.58. The Morgan fingerprint density at radius 2 is 1.59 bits per heavy atom. The van der Waals surface area contributed by atoms with Crippen LogP contribution in [0.1, 0.15) is 61.4 Å². The van der Waals surface area contributed by atoms with Crippen molar-refractivity contribution in [3.8, 4) is 0 Å². The fourth-order valence-electron chi connectivity index (χ4n) is 1.95. The lowest BCUT2D eigenvalue weighted by molar-refractivity contribution is 0.100. The molecule has 1 rings (SSSR count). The van der Waals surface area contributed by atoms with Crippen LogP contribution in [0.4, 0.5) is 0 Å². The molecule has 0 radical (unpaired) electrons. The highest BCUT2D eigenvalue weighted by molar-refractivity contribution is 5.92. The van der Waals surface area contributed by atoms with Crippen molar-refractivity contribution < 1.29 is 4.79 Å². The Morgan fingerprint density at radius 1 is 1.00 bits per heavy atom. The molecule has 2 nitrogen and oxygen atoms in total. The Labute approximate surface area is 104 Å². The first-order valence-electron chi connectivity index (χ1n) is 6.62. The van der Waals surface area contributed by atoms with Crippen molar-refractivity contribution in [2.75, 3.05) is 0 Å². The zero-order valence-corrected chi connectivity index (χ0v) is 10.7. The van der Waals surface area contributed by atoms with Crippen LogP contribution in [0.3, 0.4) is 0 Å². The average Bonchev–Trinajstić information content (AvgIpc) is 2.34. The van der Waals surface area contributed by atoms with Gasteiger partial charge in [0.15, 0.2) is 0 Å². The minimum absolute atomic E-state index is 0.351. The van der Waals surface area contributed by atoms with Crippen LogP contribution < -0.4 is 5.73 Å². The molecule has 0 heterocycles. The van der Waals surface area contributed by atoms with Gasteiger partial charge in [-0.1, -0.05) is 51.2 Å².